The normalized spacial score (nSPS) is 25.3. The average Bonchev–Trinajstić information content (AvgIpc) is 2.89. The Kier molecular flexibility index (Phi) is 4.54. The van der Waals surface area contributed by atoms with E-state index in [2.05, 4.69) is 4.90 Å². The van der Waals surface area contributed by atoms with E-state index in [1.165, 1.54) is 12.8 Å². The monoisotopic (exact) mass is 256 g/mol. The Morgan fingerprint density at radius 1 is 1.22 bits per heavy atom. The fourth-order valence-corrected chi connectivity index (χ4v) is 2.44. The highest BCUT2D eigenvalue weighted by molar-refractivity contribution is 5.78. The Morgan fingerprint density at radius 2 is 1.94 bits per heavy atom. The Bertz CT molecular complexity index is 315. The first-order chi connectivity index (χ1) is 8.66. The molecular formula is C12H20N2O4. The number of hydrogen-bond donors (Lipinski definition) is 1. The van der Waals surface area contributed by atoms with E-state index < -0.39 is 12.1 Å². The number of ether oxygens (including phenoxy) is 1. The van der Waals surface area contributed by atoms with Crippen LogP contribution in [0.1, 0.15) is 19.3 Å². The Balaban J connectivity index is 1.75. The first kappa shape index (κ1) is 13.3. The second-order valence-corrected chi connectivity index (χ2v) is 4.84. The van der Waals surface area contributed by atoms with E-state index in [9.17, 15) is 9.59 Å². The summed E-state index contributed by atoms with van der Waals surface area (Å²) >= 11 is 0. The summed E-state index contributed by atoms with van der Waals surface area (Å²) in [6.45, 7) is 3.93. The van der Waals surface area contributed by atoms with Gasteiger partial charge in [-0.2, -0.15) is 0 Å². The molecule has 1 unspecified atom stereocenters. The highest BCUT2D eigenvalue weighted by Crippen LogP contribution is 2.10. The van der Waals surface area contributed by atoms with E-state index in [0.717, 1.165) is 19.6 Å². The van der Waals surface area contributed by atoms with Crippen LogP contribution in [-0.2, 0) is 14.3 Å². The van der Waals surface area contributed by atoms with Gasteiger partial charge in [-0.3, -0.25) is 4.79 Å². The summed E-state index contributed by atoms with van der Waals surface area (Å²) in [5.41, 5.74) is 0. The number of rotatable bonds is 4. The zero-order chi connectivity index (χ0) is 13.0. The molecule has 1 atom stereocenters. The summed E-state index contributed by atoms with van der Waals surface area (Å²) in [5.74, 6) is -0.955. The summed E-state index contributed by atoms with van der Waals surface area (Å²) in [7, 11) is 0. The molecular weight excluding hydrogens is 236 g/mol. The fraction of sp³-hybridized carbons (Fsp3) is 0.833. The van der Waals surface area contributed by atoms with Gasteiger partial charge in [0.25, 0.3) is 0 Å². The van der Waals surface area contributed by atoms with Crippen molar-refractivity contribution in [3.05, 3.63) is 0 Å². The minimum atomic E-state index is -0.993. The van der Waals surface area contributed by atoms with Gasteiger partial charge in [0.05, 0.1) is 13.2 Å². The van der Waals surface area contributed by atoms with Gasteiger partial charge in [-0.15, -0.1) is 0 Å². The van der Waals surface area contributed by atoms with Gasteiger partial charge >= 0.3 is 5.97 Å². The van der Waals surface area contributed by atoms with E-state index in [0.29, 0.717) is 19.6 Å². The van der Waals surface area contributed by atoms with Crippen molar-refractivity contribution in [2.75, 3.05) is 39.3 Å². The molecule has 0 radical (unpaired) electrons. The molecule has 0 aromatic carbocycles. The topological polar surface area (TPSA) is 70.1 Å². The van der Waals surface area contributed by atoms with E-state index in [1.807, 2.05) is 0 Å². The number of hydrogen-bond acceptors (Lipinski definition) is 4. The standard InChI is InChI=1S/C12H20N2O4/c15-11(3-6-13-4-1-2-5-13)14-7-8-18-10(9-14)12(16)17/h10H,1-9H2,(H,16,17). The maximum absolute atomic E-state index is 12.0. The zero-order valence-corrected chi connectivity index (χ0v) is 10.5. The number of carboxylic acids is 1. The number of nitrogens with zero attached hydrogens (tertiary/aromatic N) is 2. The smallest absolute Gasteiger partial charge is 0.334 e. The van der Waals surface area contributed by atoms with E-state index in [1.54, 1.807) is 4.90 Å². The van der Waals surface area contributed by atoms with Crippen molar-refractivity contribution >= 4 is 11.9 Å². The Morgan fingerprint density at radius 3 is 2.61 bits per heavy atom. The number of likely N-dealkylation sites (tertiary alicyclic amines) is 1. The maximum Gasteiger partial charge on any atom is 0.334 e. The molecule has 0 saturated carbocycles. The quantitative estimate of drug-likeness (QED) is 0.753. The molecule has 2 fully saturated rings. The van der Waals surface area contributed by atoms with Crippen molar-refractivity contribution in [3.63, 3.8) is 0 Å². The highest BCUT2D eigenvalue weighted by atomic mass is 16.5. The second kappa shape index (κ2) is 6.15. The summed E-state index contributed by atoms with van der Waals surface area (Å²) in [6.07, 6.45) is 2.04. The van der Waals surface area contributed by atoms with Crippen LogP contribution in [0.5, 0.6) is 0 Å². The van der Waals surface area contributed by atoms with Crippen molar-refractivity contribution in [2.45, 2.75) is 25.4 Å². The molecule has 1 amide bonds. The molecule has 18 heavy (non-hydrogen) atoms. The van der Waals surface area contributed by atoms with Gasteiger partial charge in [-0.05, 0) is 25.9 Å². The van der Waals surface area contributed by atoms with E-state index in [-0.39, 0.29) is 12.5 Å². The SMILES string of the molecule is O=C(O)C1CN(C(=O)CCN2CCCC2)CCO1. The third-order valence-electron chi connectivity index (χ3n) is 3.54. The van der Waals surface area contributed by atoms with Crippen LogP contribution in [0.15, 0.2) is 0 Å². The van der Waals surface area contributed by atoms with E-state index in [4.69, 9.17) is 9.84 Å². The minimum absolute atomic E-state index is 0.0384. The van der Waals surface area contributed by atoms with Crippen LogP contribution in [0.25, 0.3) is 0 Å². The zero-order valence-electron chi connectivity index (χ0n) is 10.5. The second-order valence-electron chi connectivity index (χ2n) is 4.84. The molecule has 0 spiro atoms. The number of carboxylic acid groups (broad SMARTS) is 1. The lowest BCUT2D eigenvalue weighted by Gasteiger charge is -2.31. The van der Waals surface area contributed by atoms with E-state index >= 15 is 0 Å². The van der Waals surface area contributed by atoms with Gasteiger partial charge < -0.3 is 19.6 Å². The molecule has 6 nitrogen and oxygen atoms in total. The molecule has 2 heterocycles. The van der Waals surface area contributed by atoms with Gasteiger partial charge in [0, 0.05) is 19.5 Å². The molecule has 0 aromatic rings. The minimum Gasteiger partial charge on any atom is -0.479 e. The van der Waals surface area contributed by atoms with Crippen molar-refractivity contribution in [1.29, 1.82) is 0 Å². The molecule has 0 aliphatic carbocycles. The molecule has 2 saturated heterocycles. The number of amides is 1. The first-order valence-corrected chi connectivity index (χ1v) is 6.51. The fourth-order valence-electron chi connectivity index (χ4n) is 2.44. The molecule has 102 valence electrons. The molecule has 2 aliphatic rings. The van der Waals surface area contributed by atoms with Crippen LogP contribution in [0.3, 0.4) is 0 Å². The van der Waals surface area contributed by atoms with Crippen LogP contribution < -0.4 is 0 Å². The molecule has 0 aromatic heterocycles. The van der Waals surface area contributed by atoms with Gasteiger partial charge in [-0.1, -0.05) is 0 Å². The lowest BCUT2D eigenvalue weighted by atomic mass is 10.2. The van der Waals surface area contributed by atoms with Gasteiger partial charge in [-0.25, -0.2) is 4.79 Å². The Hall–Kier alpha value is -1.14. The number of carbonyl (C=O) groups excluding carboxylic acids is 1. The van der Waals surface area contributed by atoms with Crippen LogP contribution in [0.2, 0.25) is 0 Å². The largest absolute Gasteiger partial charge is 0.479 e. The molecule has 1 N–H and O–H groups in total. The van der Waals surface area contributed by atoms with Crippen molar-refractivity contribution in [3.8, 4) is 0 Å². The highest BCUT2D eigenvalue weighted by Gasteiger charge is 2.28. The molecule has 6 heteroatoms. The molecule has 2 rings (SSSR count). The number of aliphatic carboxylic acids is 1. The lowest BCUT2D eigenvalue weighted by Crippen LogP contribution is -2.49. The first-order valence-electron chi connectivity index (χ1n) is 6.51. The predicted molar refractivity (Wildman–Crippen MR) is 64.2 cm³/mol. The van der Waals surface area contributed by atoms with Crippen molar-refractivity contribution in [1.82, 2.24) is 9.80 Å². The summed E-state index contributed by atoms with van der Waals surface area (Å²) < 4.78 is 5.09. The number of carbonyl (C=O) groups is 2. The van der Waals surface area contributed by atoms with Crippen LogP contribution in [-0.4, -0.2) is 72.2 Å². The Labute approximate surface area is 106 Å². The summed E-state index contributed by atoms with van der Waals surface area (Å²) in [6, 6.07) is 0. The number of morpholine rings is 1. The lowest BCUT2D eigenvalue weighted by molar-refractivity contribution is -0.159. The van der Waals surface area contributed by atoms with Gasteiger partial charge in [0.2, 0.25) is 5.91 Å². The summed E-state index contributed by atoms with van der Waals surface area (Å²) in [5, 5.41) is 8.87. The van der Waals surface area contributed by atoms with Crippen LogP contribution in [0.4, 0.5) is 0 Å². The predicted octanol–water partition coefficient (Wildman–Crippen LogP) is -0.216. The third kappa shape index (κ3) is 3.43. The van der Waals surface area contributed by atoms with Crippen LogP contribution in [0, 0.1) is 0 Å². The average molecular weight is 256 g/mol. The molecule has 0 bridgehead atoms. The van der Waals surface area contributed by atoms with Crippen molar-refractivity contribution < 1.29 is 19.4 Å². The molecule has 2 aliphatic heterocycles. The van der Waals surface area contributed by atoms with Crippen molar-refractivity contribution in [2.24, 2.45) is 0 Å². The van der Waals surface area contributed by atoms with Crippen LogP contribution >= 0.6 is 0 Å². The van der Waals surface area contributed by atoms with Gasteiger partial charge in [0.15, 0.2) is 6.10 Å². The third-order valence-corrected chi connectivity index (χ3v) is 3.54. The maximum atomic E-state index is 12.0. The van der Waals surface area contributed by atoms with Gasteiger partial charge in [0.1, 0.15) is 0 Å². The summed E-state index contributed by atoms with van der Waals surface area (Å²) in [4.78, 5) is 26.7.